The smallest absolute Gasteiger partial charge is 0.0960 e. The number of rotatable bonds is 2. The van der Waals surface area contributed by atoms with Gasteiger partial charge >= 0.3 is 0 Å². The topological polar surface area (TPSA) is 27.1 Å². The predicted molar refractivity (Wildman–Crippen MR) is 67.8 cm³/mol. The Labute approximate surface area is 97.3 Å². The van der Waals surface area contributed by atoms with Crippen molar-refractivity contribution in [3.63, 3.8) is 0 Å². The first-order valence-corrected chi connectivity index (χ1v) is 7.48. The highest BCUT2D eigenvalue weighted by molar-refractivity contribution is 7.99. The quantitative estimate of drug-likeness (QED) is 0.783. The molecule has 1 aliphatic carbocycles. The number of likely N-dealkylation sites (tertiary alicyclic amines) is 1. The van der Waals surface area contributed by atoms with Crippen molar-refractivity contribution in [2.24, 2.45) is 0 Å². The molecule has 2 rings (SSSR count). The zero-order chi connectivity index (χ0) is 10.7. The second-order valence-corrected chi connectivity index (χ2v) is 5.80. The van der Waals surface area contributed by atoms with E-state index in [4.69, 9.17) is 5.41 Å². The Morgan fingerprint density at radius 1 is 1.20 bits per heavy atom. The summed E-state index contributed by atoms with van der Waals surface area (Å²) >= 11 is 2.01. The number of nitrogens with one attached hydrogen (secondary N) is 1. The molecule has 2 fully saturated rings. The van der Waals surface area contributed by atoms with Crippen molar-refractivity contribution in [3.05, 3.63) is 0 Å². The highest BCUT2D eigenvalue weighted by atomic mass is 32.2. The number of amidine groups is 1. The second kappa shape index (κ2) is 5.24. The molecule has 1 N–H and O–H groups in total. The number of nitrogens with zero attached hydrogens (tertiary/aromatic N) is 1. The average Bonchev–Trinajstić information content (AvgIpc) is 2.30. The summed E-state index contributed by atoms with van der Waals surface area (Å²) in [6.07, 6.45) is 11.2. The molecule has 1 heterocycles. The maximum Gasteiger partial charge on any atom is 0.0960 e. The van der Waals surface area contributed by atoms with E-state index in [-0.39, 0.29) is 0 Å². The lowest BCUT2D eigenvalue weighted by Gasteiger charge is -2.42. The molecule has 0 aromatic carbocycles. The Kier molecular flexibility index (Phi) is 3.95. The molecule has 0 amide bonds. The van der Waals surface area contributed by atoms with E-state index in [0.717, 1.165) is 24.1 Å². The van der Waals surface area contributed by atoms with Crippen molar-refractivity contribution in [3.8, 4) is 0 Å². The highest BCUT2D eigenvalue weighted by Gasteiger charge is 2.31. The van der Waals surface area contributed by atoms with E-state index in [1.165, 1.54) is 38.5 Å². The van der Waals surface area contributed by atoms with Gasteiger partial charge in [0.2, 0.25) is 0 Å². The molecule has 86 valence electrons. The first-order valence-electron chi connectivity index (χ1n) is 6.20. The summed E-state index contributed by atoms with van der Waals surface area (Å²) < 4.78 is 0. The van der Waals surface area contributed by atoms with Crippen LogP contribution in [-0.4, -0.2) is 34.8 Å². The van der Waals surface area contributed by atoms with E-state index >= 15 is 0 Å². The monoisotopic (exact) mass is 226 g/mol. The van der Waals surface area contributed by atoms with Crippen LogP contribution in [0.1, 0.15) is 44.9 Å². The minimum atomic E-state index is 0.668. The molecule has 2 nitrogen and oxygen atoms in total. The van der Waals surface area contributed by atoms with Crippen molar-refractivity contribution in [2.75, 3.05) is 12.8 Å². The van der Waals surface area contributed by atoms with E-state index in [1.807, 2.05) is 11.8 Å². The molecule has 1 saturated carbocycles. The van der Waals surface area contributed by atoms with E-state index in [9.17, 15) is 0 Å². The van der Waals surface area contributed by atoms with E-state index in [1.54, 1.807) is 0 Å². The summed E-state index contributed by atoms with van der Waals surface area (Å²) in [5.41, 5.74) is 0. The molecule has 2 unspecified atom stereocenters. The molecule has 0 radical (unpaired) electrons. The highest BCUT2D eigenvalue weighted by Crippen LogP contribution is 2.32. The van der Waals surface area contributed by atoms with Gasteiger partial charge in [-0.3, -0.25) is 5.41 Å². The van der Waals surface area contributed by atoms with Gasteiger partial charge in [0.05, 0.1) is 5.84 Å². The zero-order valence-electron chi connectivity index (χ0n) is 9.67. The number of thioether (sulfide) groups is 1. The maximum absolute atomic E-state index is 8.06. The maximum atomic E-state index is 8.06. The standard InChI is InChI=1S/C12H22N2S/c1-15-11-7-3-2-6-10(11)14-9-5-4-8-12(14)13/h10-11,13H,2-9H2,1H3. The third-order valence-electron chi connectivity index (χ3n) is 3.78. The normalized spacial score (nSPS) is 33.1. The number of hydrogen-bond acceptors (Lipinski definition) is 2. The second-order valence-electron chi connectivity index (χ2n) is 4.72. The molecular weight excluding hydrogens is 204 g/mol. The number of piperidine rings is 1. The fraction of sp³-hybridized carbons (Fsp3) is 0.917. The summed E-state index contributed by atoms with van der Waals surface area (Å²) in [5.74, 6) is 0.909. The molecule has 1 saturated heterocycles. The van der Waals surface area contributed by atoms with Gasteiger partial charge in [0.25, 0.3) is 0 Å². The Morgan fingerprint density at radius 3 is 2.73 bits per heavy atom. The van der Waals surface area contributed by atoms with E-state index in [2.05, 4.69) is 11.2 Å². The lowest BCUT2D eigenvalue weighted by molar-refractivity contribution is 0.230. The van der Waals surface area contributed by atoms with Gasteiger partial charge in [0.1, 0.15) is 0 Å². The van der Waals surface area contributed by atoms with Gasteiger partial charge in [-0.2, -0.15) is 11.8 Å². The van der Waals surface area contributed by atoms with Crippen molar-refractivity contribution < 1.29 is 0 Å². The van der Waals surface area contributed by atoms with Gasteiger partial charge in [0, 0.05) is 24.3 Å². The molecule has 2 aliphatic rings. The summed E-state index contributed by atoms with van der Waals surface area (Å²) in [6, 6.07) is 0.668. The molecule has 0 spiro atoms. The van der Waals surface area contributed by atoms with Crippen LogP contribution in [0.15, 0.2) is 0 Å². The van der Waals surface area contributed by atoms with Crippen molar-refractivity contribution in [1.82, 2.24) is 4.90 Å². The molecule has 15 heavy (non-hydrogen) atoms. The van der Waals surface area contributed by atoms with Gasteiger partial charge in [-0.25, -0.2) is 0 Å². The van der Waals surface area contributed by atoms with Crippen LogP contribution in [0.4, 0.5) is 0 Å². The molecule has 0 aromatic rings. The SMILES string of the molecule is CSC1CCCCC1N1CCCCC1=N. The lowest BCUT2D eigenvalue weighted by atomic mass is 9.92. The first-order chi connectivity index (χ1) is 7.33. The van der Waals surface area contributed by atoms with Gasteiger partial charge < -0.3 is 4.90 Å². The van der Waals surface area contributed by atoms with Gasteiger partial charge in [-0.15, -0.1) is 0 Å². The average molecular weight is 226 g/mol. The van der Waals surface area contributed by atoms with Crippen LogP contribution < -0.4 is 0 Å². The van der Waals surface area contributed by atoms with Crippen molar-refractivity contribution in [1.29, 1.82) is 5.41 Å². The summed E-state index contributed by atoms with van der Waals surface area (Å²) in [5, 5.41) is 8.84. The zero-order valence-corrected chi connectivity index (χ0v) is 10.5. The molecule has 1 aliphatic heterocycles. The Balaban J connectivity index is 2.02. The van der Waals surface area contributed by atoms with Crippen molar-refractivity contribution in [2.45, 2.75) is 56.2 Å². The summed E-state index contributed by atoms with van der Waals surface area (Å²) in [7, 11) is 0. The minimum absolute atomic E-state index is 0.668. The molecule has 0 bridgehead atoms. The van der Waals surface area contributed by atoms with Crippen LogP contribution in [0.2, 0.25) is 0 Å². The van der Waals surface area contributed by atoms with E-state index < -0.39 is 0 Å². The Morgan fingerprint density at radius 2 is 2.00 bits per heavy atom. The lowest BCUT2D eigenvalue weighted by Crippen LogP contribution is -2.49. The third-order valence-corrected chi connectivity index (χ3v) is 4.94. The minimum Gasteiger partial charge on any atom is -0.356 e. The fourth-order valence-electron chi connectivity index (χ4n) is 2.93. The van der Waals surface area contributed by atoms with Crippen LogP contribution >= 0.6 is 11.8 Å². The largest absolute Gasteiger partial charge is 0.356 e. The number of hydrogen-bond donors (Lipinski definition) is 1. The Hall–Kier alpha value is -0.180. The first kappa shape index (κ1) is 11.3. The molecular formula is C12H22N2S. The predicted octanol–water partition coefficient (Wildman–Crippen LogP) is 3.12. The summed E-state index contributed by atoms with van der Waals surface area (Å²) in [4.78, 5) is 2.41. The van der Waals surface area contributed by atoms with Gasteiger partial charge in [-0.1, -0.05) is 12.8 Å². The van der Waals surface area contributed by atoms with Crippen LogP contribution in [-0.2, 0) is 0 Å². The van der Waals surface area contributed by atoms with Crippen LogP contribution in [0.25, 0.3) is 0 Å². The van der Waals surface area contributed by atoms with Gasteiger partial charge in [0.15, 0.2) is 0 Å². The molecule has 3 heteroatoms. The van der Waals surface area contributed by atoms with Crippen LogP contribution in [0.3, 0.4) is 0 Å². The fourth-order valence-corrected chi connectivity index (χ4v) is 3.93. The van der Waals surface area contributed by atoms with Gasteiger partial charge in [-0.05, 0) is 31.9 Å². The van der Waals surface area contributed by atoms with Crippen molar-refractivity contribution >= 4 is 17.6 Å². The van der Waals surface area contributed by atoms with E-state index in [0.29, 0.717) is 6.04 Å². The molecule has 2 atom stereocenters. The third kappa shape index (κ3) is 2.49. The molecule has 0 aromatic heterocycles. The van der Waals surface area contributed by atoms with Crippen LogP contribution in [0.5, 0.6) is 0 Å². The van der Waals surface area contributed by atoms with Crippen LogP contribution in [0, 0.1) is 5.41 Å². The summed E-state index contributed by atoms with van der Waals surface area (Å²) in [6.45, 7) is 1.14. The Bertz CT molecular complexity index is 230.